The van der Waals surface area contributed by atoms with Crippen molar-refractivity contribution in [1.82, 2.24) is 5.32 Å². The summed E-state index contributed by atoms with van der Waals surface area (Å²) in [4.78, 5) is 10.9. The van der Waals surface area contributed by atoms with Crippen LogP contribution in [0.3, 0.4) is 0 Å². The average Bonchev–Trinajstić information content (AvgIpc) is 2.66. The molecule has 0 spiro atoms. The Labute approximate surface area is 117 Å². The number of hydrogen-bond acceptors (Lipinski definition) is 6. The fourth-order valence-electron chi connectivity index (χ4n) is 1.80. The first-order chi connectivity index (χ1) is 9.22. The Balaban J connectivity index is 2.82. The van der Waals surface area contributed by atoms with Crippen LogP contribution in [0.1, 0.15) is 6.92 Å². The molecule has 0 bridgehead atoms. The molecular formula is C10H16F3NO5S. The van der Waals surface area contributed by atoms with Gasteiger partial charge in [0, 0.05) is 0 Å². The summed E-state index contributed by atoms with van der Waals surface area (Å²) in [5.74, 6) is -1.72. The van der Waals surface area contributed by atoms with Crippen LogP contribution in [0.4, 0.5) is 13.2 Å². The Morgan fingerprint density at radius 1 is 1.50 bits per heavy atom. The molecule has 0 aromatic heterocycles. The third-order valence-corrected chi connectivity index (χ3v) is 3.81. The van der Waals surface area contributed by atoms with Crippen molar-refractivity contribution in [3.05, 3.63) is 0 Å². The van der Waals surface area contributed by atoms with Crippen LogP contribution in [0, 0.1) is 0 Å². The van der Waals surface area contributed by atoms with Gasteiger partial charge in [-0.3, -0.25) is 4.79 Å². The van der Waals surface area contributed by atoms with Crippen molar-refractivity contribution in [3.63, 3.8) is 0 Å². The van der Waals surface area contributed by atoms with Crippen molar-refractivity contribution >= 4 is 17.7 Å². The van der Waals surface area contributed by atoms with Gasteiger partial charge in [0.15, 0.2) is 0 Å². The van der Waals surface area contributed by atoms with Crippen LogP contribution in [-0.4, -0.2) is 69.6 Å². The minimum Gasteiger partial charge on any atom is -0.394 e. The van der Waals surface area contributed by atoms with E-state index in [0.717, 1.165) is 11.8 Å². The lowest BCUT2D eigenvalue weighted by molar-refractivity contribution is -0.175. The molecule has 0 saturated carbocycles. The number of hydrogen-bond donors (Lipinski definition) is 4. The van der Waals surface area contributed by atoms with E-state index in [0.29, 0.717) is 5.75 Å². The van der Waals surface area contributed by atoms with Gasteiger partial charge in [0.25, 0.3) is 0 Å². The van der Waals surface area contributed by atoms with Crippen LogP contribution >= 0.6 is 11.8 Å². The first kappa shape index (κ1) is 17.5. The molecule has 1 amide bonds. The number of halogens is 3. The second-order valence-corrected chi connectivity index (χ2v) is 5.54. The number of amides is 1. The van der Waals surface area contributed by atoms with E-state index < -0.39 is 48.5 Å². The summed E-state index contributed by atoms with van der Waals surface area (Å²) in [6.07, 6.45) is -9.33. The number of carbonyl (C=O) groups excluding carboxylic acids is 1. The van der Waals surface area contributed by atoms with Crippen LogP contribution < -0.4 is 5.32 Å². The topological polar surface area (TPSA) is 99.0 Å². The van der Waals surface area contributed by atoms with Crippen molar-refractivity contribution in [2.45, 2.75) is 42.9 Å². The van der Waals surface area contributed by atoms with E-state index in [2.05, 4.69) is 0 Å². The van der Waals surface area contributed by atoms with Gasteiger partial charge in [0.1, 0.15) is 23.7 Å². The normalized spacial score (nSPS) is 32.1. The molecule has 0 radical (unpaired) electrons. The number of thioether (sulfide) groups is 1. The second kappa shape index (κ2) is 6.94. The van der Waals surface area contributed by atoms with Crippen LogP contribution in [0.15, 0.2) is 0 Å². The van der Waals surface area contributed by atoms with Gasteiger partial charge in [-0.25, -0.2) is 0 Å². The first-order valence-corrected chi connectivity index (χ1v) is 6.89. The van der Waals surface area contributed by atoms with Crippen LogP contribution in [0.5, 0.6) is 0 Å². The fourth-order valence-corrected chi connectivity index (χ4v) is 2.77. The molecule has 6 nitrogen and oxygen atoms in total. The van der Waals surface area contributed by atoms with Crippen molar-refractivity contribution in [2.75, 3.05) is 12.4 Å². The summed E-state index contributed by atoms with van der Waals surface area (Å²) in [5, 5.41) is 29.8. The molecule has 1 fully saturated rings. The molecule has 1 aliphatic heterocycles. The largest absolute Gasteiger partial charge is 0.471 e. The molecule has 1 saturated heterocycles. The standard InChI is InChI=1S/C10H16F3NO5S/c1-2-20-8-5(14-9(18)10(11,12)13)6(17)7(19-8)4(16)3-15/h4-8,15-17H,2-3H2,1H3,(H,14,18). The maximum absolute atomic E-state index is 12.2. The minimum atomic E-state index is -5.07. The molecule has 4 N–H and O–H groups in total. The number of ether oxygens (including phenoxy) is 1. The molecule has 1 heterocycles. The quantitative estimate of drug-likeness (QED) is 0.531. The van der Waals surface area contributed by atoms with E-state index in [1.54, 1.807) is 12.2 Å². The molecular weight excluding hydrogens is 303 g/mol. The van der Waals surface area contributed by atoms with E-state index >= 15 is 0 Å². The number of aliphatic hydroxyl groups is 3. The van der Waals surface area contributed by atoms with Crippen molar-refractivity contribution in [3.8, 4) is 0 Å². The van der Waals surface area contributed by atoms with Crippen LogP contribution in [-0.2, 0) is 9.53 Å². The number of alkyl halides is 3. The van der Waals surface area contributed by atoms with E-state index in [1.807, 2.05) is 0 Å². The average molecular weight is 319 g/mol. The Bertz CT molecular complexity index is 341. The maximum Gasteiger partial charge on any atom is 0.471 e. The van der Waals surface area contributed by atoms with Crippen LogP contribution in [0.2, 0.25) is 0 Å². The van der Waals surface area contributed by atoms with E-state index in [9.17, 15) is 28.2 Å². The lowest BCUT2D eigenvalue weighted by Gasteiger charge is -2.22. The summed E-state index contributed by atoms with van der Waals surface area (Å²) >= 11 is 1.08. The van der Waals surface area contributed by atoms with Gasteiger partial charge in [-0.1, -0.05) is 6.92 Å². The van der Waals surface area contributed by atoms with Gasteiger partial charge in [-0.2, -0.15) is 13.2 Å². The van der Waals surface area contributed by atoms with Gasteiger partial charge < -0.3 is 25.4 Å². The fraction of sp³-hybridized carbons (Fsp3) is 0.900. The summed E-state index contributed by atoms with van der Waals surface area (Å²) in [6, 6.07) is -1.32. The number of nitrogens with one attached hydrogen (secondary N) is 1. The highest BCUT2D eigenvalue weighted by Gasteiger charge is 2.50. The monoisotopic (exact) mass is 319 g/mol. The van der Waals surface area contributed by atoms with Gasteiger partial charge in [-0.05, 0) is 5.75 Å². The second-order valence-electron chi connectivity index (χ2n) is 4.16. The third kappa shape index (κ3) is 3.98. The minimum absolute atomic E-state index is 0.470. The highest BCUT2D eigenvalue weighted by atomic mass is 32.2. The molecule has 0 aromatic carbocycles. The van der Waals surface area contributed by atoms with Gasteiger partial charge >= 0.3 is 12.1 Å². The lowest BCUT2D eigenvalue weighted by Crippen LogP contribution is -2.52. The molecule has 0 aromatic rings. The number of aliphatic hydroxyl groups excluding tert-OH is 3. The molecule has 10 heteroatoms. The molecule has 1 aliphatic rings. The number of carbonyl (C=O) groups is 1. The molecule has 5 unspecified atom stereocenters. The Morgan fingerprint density at radius 2 is 2.10 bits per heavy atom. The van der Waals surface area contributed by atoms with Crippen molar-refractivity contribution in [1.29, 1.82) is 0 Å². The predicted molar refractivity (Wildman–Crippen MR) is 63.9 cm³/mol. The van der Waals surface area contributed by atoms with E-state index in [1.165, 1.54) is 0 Å². The highest BCUT2D eigenvalue weighted by Crippen LogP contribution is 2.31. The maximum atomic E-state index is 12.2. The van der Waals surface area contributed by atoms with Gasteiger partial charge in [0.05, 0.1) is 12.6 Å². The van der Waals surface area contributed by atoms with Crippen LogP contribution in [0.25, 0.3) is 0 Å². The Kier molecular flexibility index (Phi) is 6.07. The summed E-state index contributed by atoms with van der Waals surface area (Å²) < 4.78 is 41.9. The summed E-state index contributed by atoms with van der Waals surface area (Å²) in [7, 11) is 0. The van der Waals surface area contributed by atoms with Gasteiger partial charge in [0.2, 0.25) is 0 Å². The Morgan fingerprint density at radius 3 is 2.55 bits per heavy atom. The zero-order valence-corrected chi connectivity index (χ0v) is 11.3. The van der Waals surface area contributed by atoms with Crippen molar-refractivity contribution in [2.24, 2.45) is 0 Å². The zero-order valence-electron chi connectivity index (χ0n) is 10.5. The Hall–Kier alpha value is -0.550. The van der Waals surface area contributed by atoms with E-state index in [4.69, 9.17) is 9.84 Å². The molecule has 0 aliphatic carbocycles. The molecule has 5 atom stereocenters. The SMILES string of the molecule is CCSC1OC(C(O)CO)C(O)C1NC(=O)C(F)(F)F. The smallest absolute Gasteiger partial charge is 0.394 e. The molecule has 1 rings (SSSR count). The summed E-state index contributed by atoms with van der Waals surface area (Å²) in [6.45, 7) is 1.00. The first-order valence-electron chi connectivity index (χ1n) is 5.84. The zero-order chi connectivity index (χ0) is 15.5. The molecule has 20 heavy (non-hydrogen) atoms. The lowest BCUT2D eigenvalue weighted by atomic mass is 10.0. The number of rotatable bonds is 5. The summed E-state index contributed by atoms with van der Waals surface area (Å²) in [5.41, 5.74) is -0.938. The highest BCUT2D eigenvalue weighted by molar-refractivity contribution is 7.99. The van der Waals surface area contributed by atoms with Crippen molar-refractivity contribution < 1.29 is 38.0 Å². The van der Waals surface area contributed by atoms with Gasteiger partial charge in [-0.15, -0.1) is 11.8 Å². The third-order valence-electron chi connectivity index (χ3n) is 2.74. The predicted octanol–water partition coefficient (Wildman–Crippen LogP) is -0.774. The molecule has 118 valence electrons. The van der Waals surface area contributed by atoms with E-state index in [-0.39, 0.29) is 0 Å².